The van der Waals surface area contributed by atoms with Gasteiger partial charge in [-0.3, -0.25) is 0 Å². The molecule has 4 aliphatic carbocycles. The first-order chi connectivity index (χ1) is 13.3. The third kappa shape index (κ3) is 3.49. The fraction of sp³-hybridized carbons (Fsp3) is 1.00. The van der Waals surface area contributed by atoms with Crippen molar-refractivity contribution < 1.29 is 10.2 Å². The maximum Gasteiger partial charge on any atom is 0.0563 e. The normalized spacial score (nSPS) is 49.4. The van der Waals surface area contributed by atoms with E-state index in [-0.39, 0.29) is 12.2 Å². The highest BCUT2D eigenvalue weighted by Crippen LogP contribution is 2.67. The molecule has 0 radical (unpaired) electrons. The maximum atomic E-state index is 10.2. The Bertz CT molecular complexity index is 545. The molecule has 9 atom stereocenters. The van der Waals surface area contributed by atoms with Gasteiger partial charge < -0.3 is 10.2 Å². The predicted molar refractivity (Wildman–Crippen MR) is 116 cm³/mol. The average Bonchev–Trinajstić information content (AvgIpc) is 2.99. The summed E-state index contributed by atoms with van der Waals surface area (Å²) in [5.74, 6) is 4.86. The van der Waals surface area contributed by atoms with E-state index < -0.39 is 0 Å². The molecule has 0 aromatic rings. The summed E-state index contributed by atoms with van der Waals surface area (Å²) in [7, 11) is 0. The highest BCUT2D eigenvalue weighted by Gasteiger charge is 2.59. The average molecular weight is 391 g/mol. The van der Waals surface area contributed by atoms with E-state index in [2.05, 4.69) is 27.7 Å². The van der Waals surface area contributed by atoms with Gasteiger partial charge in [-0.1, -0.05) is 34.1 Å². The van der Waals surface area contributed by atoms with E-state index in [4.69, 9.17) is 0 Å². The lowest BCUT2D eigenvalue weighted by atomic mass is 9.44. The van der Waals surface area contributed by atoms with Gasteiger partial charge in [0.05, 0.1) is 12.2 Å². The first-order valence-electron chi connectivity index (χ1n) is 12.6. The molecule has 0 spiro atoms. The van der Waals surface area contributed by atoms with E-state index in [0.717, 1.165) is 48.9 Å². The zero-order valence-corrected chi connectivity index (χ0v) is 19.0. The number of fused-ring (bicyclic) bond motifs is 5. The molecule has 0 aromatic carbocycles. The molecule has 2 nitrogen and oxygen atoms in total. The fourth-order valence-electron chi connectivity index (χ4n) is 8.73. The first kappa shape index (κ1) is 21.2. The summed E-state index contributed by atoms with van der Waals surface area (Å²) in [5.41, 5.74) is 1.06. The number of rotatable bonds is 5. The summed E-state index contributed by atoms with van der Waals surface area (Å²) >= 11 is 0. The van der Waals surface area contributed by atoms with Gasteiger partial charge in [0.25, 0.3) is 0 Å². The van der Waals surface area contributed by atoms with E-state index in [1.165, 1.54) is 57.8 Å². The summed E-state index contributed by atoms with van der Waals surface area (Å²) in [6.07, 6.45) is 15.3. The van der Waals surface area contributed by atoms with Crippen molar-refractivity contribution in [2.75, 3.05) is 0 Å². The van der Waals surface area contributed by atoms with Crippen LogP contribution in [-0.4, -0.2) is 22.4 Å². The quantitative estimate of drug-likeness (QED) is 0.587. The van der Waals surface area contributed by atoms with Crippen LogP contribution in [0.25, 0.3) is 0 Å². The standard InChI is InChI=1S/C26H46O2/c1-17(2)24(28)7-5-6-18-9-11-22-21-10-8-19-16-20(27)12-14-26(19,4)23(21)13-15-25(18,22)3/h17-24,27-28H,5-16H2,1-4H3/t18-,19?,20-,21-,22?,23?,24?,25+,26-/m0/s1. The van der Waals surface area contributed by atoms with Gasteiger partial charge in [-0.15, -0.1) is 0 Å². The molecule has 0 heterocycles. The minimum Gasteiger partial charge on any atom is -0.393 e. The van der Waals surface area contributed by atoms with E-state index in [1.54, 1.807) is 0 Å². The smallest absolute Gasteiger partial charge is 0.0563 e. The number of hydrogen-bond acceptors (Lipinski definition) is 2. The van der Waals surface area contributed by atoms with Crippen molar-refractivity contribution in [3.05, 3.63) is 0 Å². The van der Waals surface area contributed by atoms with Crippen molar-refractivity contribution in [3.8, 4) is 0 Å². The second-order valence-electron chi connectivity index (χ2n) is 12.1. The highest BCUT2D eigenvalue weighted by atomic mass is 16.3. The van der Waals surface area contributed by atoms with E-state index in [1.807, 2.05) is 0 Å². The molecule has 4 fully saturated rings. The minimum absolute atomic E-state index is 0.0273. The van der Waals surface area contributed by atoms with Crippen LogP contribution in [0.5, 0.6) is 0 Å². The van der Waals surface area contributed by atoms with Crippen LogP contribution in [-0.2, 0) is 0 Å². The molecule has 4 unspecified atom stereocenters. The third-order valence-electron chi connectivity index (χ3n) is 10.7. The van der Waals surface area contributed by atoms with Gasteiger partial charge in [-0.25, -0.2) is 0 Å². The van der Waals surface area contributed by atoms with E-state index in [0.29, 0.717) is 16.7 Å². The second kappa shape index (κ2) is 7.88. The first-order valence-corrected chi connectivity index (χ1v) is 12.6. The molecule has 0 aromatic heterocycles. The Morgan fingerprint density at radius 2 is 1.61 bits per heavy atom. The van der Waals surface area contributed by atoms with Crippen molar-refractivity contribution in [2.24, 2.45) is 46.3 Å². The Morgan fingerprint density at radius 3 is 2.36 bits per heavy atom. The Balaban J connectivity index is 1.42. The van der Waals surface area contributed by atoms with Gasteiger partial charge in [0.2, 0.25) is 0 Å². The fourth-order valence-corrected chi connectivity index (χ4v) is 8.73. The lowest BCUT2D eigenvalue weighted by Crippen LogP contribution is -2.53. The summed E-state index contributed by atoms with van der Waals surface area (Å²) in [6.45, 7) is 9.52. The lowest BCUT2D eigenvalue weighted by molar-refractivity contribution is -0.127. The summed E-state index contributed by atoms with van der Waals surface area (Å²) < 4.78 is 0. The molecular weight excluding hydrogens is 344 g/mol. The van der Waals surface area contributed by atoms with Gasteiger partial charge in [-0.2, -0.15) is 0 Å². The number of aliphatic hydroxyl groups is 2. The molecule has 162 valence electrons. The maximum absolute atomic E-state index is 10.2. The number of aliphatic hydroxyl groups excluding tert-OH is 2. The van der Waals surface area contributed by atoms with Crippen LogP contribution >= 0.6 is 0 Å². The topological polar surface area (TPSA) is 40.5 Å². The molecular formula is C26H46O2. The summed E-state index contributed by atoms with van der Waals surface area (Å²) in [5, 5.41) is 20.4. The monoisotopic (exact) mass is 390 g/mol. The summed E-state index contributed by atoms with van der Waals surface area (Å²) in [4.78, 5) is 0. The van der Waals surface area contributed by atoms with Crippen LogP contribution in [0.15, 0.2) is 0 Å². The molecule has 4 rings (SSSR count). The van der Waals surface area contributed by atoms with Crippen molar-refractivity contribution in [1.29, 1.82) is 0 Å². The van der Waals surface area contributed by atoms with E-state index >= 15 is 0 Å². The lowest BCUT2D eigenvalue weighted by Gasteiger charge is -2.61. The Kier molecular flexibility index (Phi) is 5.95. The van der Waals surface area contributed by atoms with Crippen LogP contribution < -0.4 is 0 Å². The molecule has 4 saturated carbocycles. The zero-order chi connectivity index (χ0) is 20.1. The van der Waals surface area contributed by atoms with Crippen LogP contribution in [0.3, 0.4) is 0 Å². The SMILES string of the molecule is CC(C)C(O)CCC[C@H]1CCC2[C@@H]3CCC4C[C@@H](O)CC[C@]4(C)C3CC[C@@]21C. The molecule has 0 saturated heterocycles. The van der Waals surface area contributed by atoms with Crippen molar-refractivity contribution >= 4 is 0 Å². The van der Waals surface area contributed by atoms with Gasteiger partial charge in [0, 0.05) is 0 Å². The molecule has 2 N–H and O–H groups in total. The molecule has 4 aliphatic rings. The minimum atomic E-state index is -0.113. The van der Waals surface area contributed by atoms with Crippen molar-refractivity contribution in [1.82, 2.24) is 0 Å². The summed E-state index contributed by atoms with van der Waals surface area (Å²) in [6, 6.07) is 0. The largest absolute Gasteiger partial charge is 0.393 e. The van der Waals surface area contributed by atoms with Crippen LogP contribution in [0.2, 0.25) is 0 Å². The van der Waals surface area contributed by atoms with Gasteiger partial charge in [-0.05, 0) is 117 Å². The van der Waals surface area contributed by atoms with Gasteiger partial charge in [0.15, 0.2) is 0 Å². The van der Waals surface area contributed by atoms with Crippen molar-refractivity contribution in [3.63, 3.8) is 0 Å². The number of hydrogen-bond donors (Lipinski definition) is 2. The molecule has 2 heteroatoms. The van der Waals surface area contributed by atoms with Gasteiger partial charge in [0.1, 0.15) is 0 Å². The van der Waals surface area contributed by atoms with Crippen LogP contribution in [0.1, 0.15) is 105 Å². The van der Waals surface area contributed by atoms with E-state index in [9.17, 15) is 10.2 Å². The molecule has 0 bridgehead atoms. The second-order valence-corrected chi connectivity index (χ2v) is 12.1. The Labute approximate surface area is 173 Å². The highest BCUT2D eigenvalue weighted by molar-refractivity contribution is 5.09. The van der Waals surface area contributed by atoms with Crippen LogP contribution in [0.4, 0.5) is 0 Å². The Hall–Kier alpha value is -0.0800. The zero-order valence-electron chi connectivity index (χ0n) is 19.0. The predicted octanol–water partition coefficient (Wildman–Crippen LogP) is 6.19. The third-order valence-corrected chi connectivity index (χ3v) is 10.7. The molecule has 0 amide bonds. The van der Waals surface area contributed by atoms with Crippen LogP contribution in [0, 0.1) is 46.3 Å². The Morgan fingerprint density at radius 1 is 0.893 bits per heavy atom. The molecule has 0 aliphatic heterocycles. The van der Waals surface area contributed by atoms with Crippen molar-refractivity contribution in [2.45, 2.75) is 117 Å². The van der Waals surface area contributed by atoms with Gasteiger partial charge >= 0.3 is 0 Å². The molecule has 28 heavy (non-hydrogen) atoms.